The highest BCUT2D eigenvalue weighted by Crippen LogP contribution is 2.27. The molecule has 0 bridgehead atoms. The van der Waals surface area contributed by atoms with Gasteiger partial charge >= 0.3 is 0 Å². The summed E-state index contributed by atoms with van der Waals surface area (Å²) in [6.07, 6.45) is 6.80. The number of nitrogens with zero attached hydrogens (tertiary/aromatic N) is 3. The summed E-state index contributed by atoms with van der Waals surface area (Å²) in [6, 6.07) is 9.32. The summed E-state index contributed by atoms with van der Waals surface area (Å²) < 4.78 is 5.40. The van der Waals surface area contributed by atoms with E-state index in [2.05, 4.69) is 27.2 Å². The molecular formula is C20H21N5O2. The van der Waals surface area contributed by atoms with Crippen LogP contribution in [-0.2, 0) is 6.42 Å². The Hall–Kier alpha value is -3.48. The number of pyridine rings is 1. The maximum atomic E-state index is 12.7. The Morgan fingerprint density at radius 1 is 1.26 bits per heavy atom. The minimum absolute atomic E-state index is 0.0519. The molecule has 3 aromatic rings. The first-order valence-corrected chi connectivity index (χ1v) is 8.63. The number of aromatic nitrogens is 3. The van der Waals surface area contributed by atoms with E-state index in [1.54, 1.807) is 25.6 Å². The summed E-state index contributed by atoms with van der Waals surface area (Å²) in [6.45, 7) is 2.11. The van der Waals surface area contributed by atoms with Gasteiger partial charge < -0.3 is 15.8 Å². The van der Waals surface area contributed by atoms with Gasteiger partial charge in [0.2, 0.25) is 0 Å². The number of hydrogen-bond acceptors (Lipinski definition) is 6. The van der Waals surface area contributed by atoms with E-state index < -0.39 is 5.91 Å². The SMILES string of the molecule is CCCc1ccc(NC(=O)c2nc(-c3cccnc3)cnc2N)c(OC)c1. The average molecular weight is 363 g/mol. The van der Waals surface area contributed by atoms with Gasteiger partial charge in [0, 0.05) is 18.0 Å². The molecule has 2 aromatic heterocycles. The molecular weight excluding hydrogens is 342 g/mol. The van der Waals surface area contributed by atoms with E-state index in [1.807, 2.05) is 24.3 Å². The van der Waals surface area contributed by atoms with Gasteiger partial charge in [-0.05, 0) is 36.2 Å². The summed E-state index contributed by atoms with van der Waals surface area (Å²) in [5.74, 6) is 0.193. The molecule has 3 N–H and O–H groups in total. The molecule has 0 spiro atoms. The molecule has 7 nitrogen and oxygen atoms in total. The molecule has 0 fully saturated rings. The first kappa shape index (κ1) is 18.3. The van der Waals surface area contributed by atoms with Crippen LogP contribution in [0.1, 0.15) is 29.4 Å². The van der Waals surface area contributed by atoms with Crippen molar-refractivity contribution in [3.8, 4) is 17.0 Å². The van der Waals surface area contributed by atoms with E-state index in [-0.39, 0.29) is 11.5 Å². The highest BCUT2D eigenvalue weighted by atomic mass is 16.5. The Morgan fingerprint density at radius 3 is 2.81 bits per heavy atom. The van der Waals surface area contributed by atoms with Gasteiger partial charge in [0.25, 0.3) is 5.91 Å². The van der Waals surface area contributed by atoms with Crippen molar-refractivity contribution in [1.29, 1.82) is 0 Å². The van der Waals surface area contributed by atoms with E-state index in [4.69, 9.17) is 10.5 Å². The fourth-order valence-corrected chi connectivity index (χ4v) is 2.68. The van der Waals surface area contributed by atoms with Gasteiger partial charge in [-0.15, -0.1) is 0 Å². The van der Waals surface area contributed by atoms with Crippen LogP contribution in [0.3, 0.4) is 0 Å². The average Bonchev–Trinajstić information content (AvgIpc) is 2.70. The highest BCUT2D eigenvalue weighted by Gasteiger charge is 2.17. The number of ether oxygens (including phenoxy) is 1. The van der Waals surface area contributed by atoms with Crippen LogP contribution in [-0.4, -0.2) is 28.0 Å². The molecule has 0 aliphatic heterocycles. The van der Waals surface area contributed by atoms with Crippen LogP contribution in [0.5, 0.6) is 5.75 Å². The Kier molecular flexibility index (Phi) is 5.61. The standard InChI is InChI=1S/C20H21N5O2/c1-3-5-13-7-8-15(17(10-13)27-2)25-20(26)18-19(21)23-12-16(24-18)14-6-4-9-22-11-14/h4,6-12H,3,5H2,1-2H3,(H2,21,23)(H,25,26). The number of carbonyl (C=O) groups is 1. The molecule has 0 saturated heterocycles. The summed E-state index contributed by atoms with van der Waals surface area (Å²) in [4.78, 5) is 25.2. The van der Waals surface area contributed by atoms with Crippen molar-refractivity contribution in [1.82, 2.24) is 15.0 Å². The van der Waals surface area contributed by atoms with E-state index in [1.165, 1.54) is 6.20 Å². The van der Waals surface area contributed by atoms with Gasteiger partial charge in [-0.2, -0.15) is 0 Å². The lowest BCUT2D eigenvalue weighted by atomic mass is 10.1. The lowest BCUT2D eigenvalue weighted by Gasteiger charge is -2.12. The van der Waals surface area contributed by atoms with Gasteiger partial charge in [-0.3, -0.25) is 9.78 Å². The second-order valence-electron chi connectivity index (χ2n) is 5.97. The van der Waals surface area contributed by atoms with E-state index >= 15 is 0 Å². The molecule has 0 radical (unpaired) electrons. The van der Waals surface area contributed by atoms with Gasteiger partial charge in [-0.25, -0.2) is 9.97 Å². The van der Waals surface area contributed by atoms with Crippen LogP contribution in [0.15, 0.2) is 48.9 Å². The summed E-state index contributed by atoms with van der Waals surface area (Å²) in [5.41, 5.74) is 8.89. The molecule has 2 heterocycles. The topological polar surface area (TPSA) is 103 Å². The molecule has 0 aliphatic rings. The number of anilines is 2. The summed E-state index contributed by atoms with van der Waals surface area (Å²) in [5, 5.41) is 2.80. The number of amides is 1. The van der Waals surface area contributed by atoms with Crippen LogP contribution in [0.2, 0.25) is 0 Å². The van der Waals surface area contributed by atoms with Crippen LogP contribution in [0.4, 0.5) is 11.5 Å². The fourth-order valence-electron chi connectivity index (χ4n) is 2.68. The van der Waals surface area contributed by atoms with Crippen molar-refractivity contribution in [2.45, 2.75) is 19.8 Å². The quantitative estimate of drug-likeness (QED) is 0.696. The third-order valence-electron chi connectivity index (χ3n) is 4.03. The number of nitrogens with two attached hydrogens (primary N) is 1. The number of benzene rings is 1. The van der Waals surface area contributed by atoms with Crippen LogP contribution >= 0.6 is 0 Å². The van der Waals surface area contributed by atoms with E-state index in [0.717, 1.165) is 24.0 Å². The zero-order valence-corrected chi connectivity index (χ0v) is 15.3. The van der Waals surface area contributed by atoms with Crippen molar-refractivity contribution < 1.29 is 9.53 Å². The Morgan fingerprint density at radius 2 is 2.11 bits per heavy atom. The first-order chi connectivity index (χ1) is 13.1. The molecule has 1 amide bonds. The minimum atomic E-state index is -0.452. The van der Waals surface area contributed by atoms with E-state index in [9.17, 15) is 4.79 Å². The predicted octanol–water partition coefficient (Wildman–Crippen LogP) is 3.33. The van der Waals surface area contributed by atoms with Gasteiger partial charge in [0.05, 0.1) is 24.7 Å². The number of rotatable bonds is 6. The Balaban J connectivity index is 1.88. The zero-order valence-electron chi connectivity index (χ0n) is 15.3. The van der Waals surface area contributed by atoms with Gasteiger partial charge in [-0.1, -0.05) is 19.4 Å². The molecule has 0 aliphatic carbocycles. The number of aryl methyl sites for hydroxylation is 1. The molecule has 1 aromatic carbocycles. The summed E-state index contributed by atoms with van der Waals surface area (Å²) >= 11 is 0. The normalized spacial score (nSPS) is 10.4. The molecule has 3 rings (SSSR count). The van der Waals surface area contributed by atoms with Crippen LogP contribution < -0.4 is 15.8 Å². The smallest absolute Gasteiger partial charge is 0.278 e. The third kappa shape index (κ3) is 4.20. The summed E-state index contributed by atoms with van der Waals surface area (Å²) in [7, 11) is 1.57. The molecule has 7 heteroatoms. The number of nitrogen functional groups attached to an aromatic ring is 1. The number of methoxy groups -OCH3 is 1. The van der Waals surface area contributed by atoms with E-state index in [0.29, 0.717) is 17.1 Å². The lowest BCUT2D eigenvalue weighted by Crippen LogP contribution is -2.17. The van der Waals surface area contributed by atoms with Crippen molar-refractivity contribution in [2.24, 2.45) is 0 Å². The van der Waals surface area contributed by atoms with Crippen LogP contribution in [0.25, 0.3) is 11.3 Å². The zero-order chi connectivity index (χ0) is 19.2. The number of carbonyl (C=O) groups excluding carboxylic acids is 1. The van der Waals surface area contributed by atoms with Crippen LogP contribution in [0, 0.1) is 0 Å². The lowest BCUT2D eigenvalue weighted by molar-refractivity contribution is 0.102. The second kappa shape index (κ2) is 8.27. The van der Waals surface area contributed by atoms with Crippen molar-refractivity contribution in [3.05, 3.63) is 60.2 Å². The largest absolute Gasteiger partial charge is 0.495 e. The Bertz CT molecular complexity index is 944. The fraction of sp³-hybridized carbons (Fsp3) is 0.200. The maximum absolute atomic E-state index is 12.7. The molecule has 27 heavy (non-hydrogen) atoms. The van der Waals surface area contributed by atoms with Crippen molar-refractivity contribution >= 4 is 17.4 Å². The highest BCUT2D eigenvalue weighted by molar-refractivity contribution is 6.06. The predicted molar refractivity (Wildman–Crippen MR) is 105 cm³/mol. The van der Waals surface area contributed by atoms with Crippen molar-refractivity contribution in [3.63, 3.8) is 0 Å². The number of nitrogens with one attached hydrogen (secondary N) is 1. The third-order valence-corrected chi connectivity index (χ3v) is 4.03. The minimum Gasteiger partial charge on any atom is -0.495 e. The molecule has 138 valence electrons. The molecule has 0 unspecified atom stereocenters. The Labute approximate surface area is 157 Å². The van der Waals surface area contributed by atoms with Gasteiger partial charge in [0.15, 0.2) is 11.5 Å². The maximum Gasteiger partial charge on any atom is 0.278 e. The second-order valence-corrected chi connectivity index (χ2v) is 5.97. The first-order valence-electron chi connectivity index (χ1n) is 8.63. The van der Waals surface area contributed by atoms with Gasteiger partial charge in [0.1, 0.15) is 5.75 Å². The monoisotopic (exact) mass is 363 g/mol. The van der Waals surface area contributed by atoms with Crippen molar-refractivity contribution in [2.75, 3.05) is 18.2 Å². The molecule has 0 atom stereocenters. The number of hydrogen-bond donors (Lipinski definition) is 2. The molecule has 0 saturated carbocycles.